The molecule has 0 unspecified atom stereocenters. The topological polar surface area (TPSA) is 106 Å². The number of anilines is 1. The molecule has 3 rings (SSSR count). The lowest BCUT2D eigenvalue weighted by molar-refractivity contribution is 0.102. The third-order valence-corrected chi connectivity index (χ3v) is 4.76. The Labute approximate surface area is 165 Å². The standard InChI is InChI=1S/C19H19ClN4O4/c1-10-4-5-12(8-15(10)20)22-17(25)13-9-14-16(21-11(13)2)24(6-7-28-3)19(27)23-18(14)26/h4-5,8-9H,6-7H2,1-3H3,(H,22,25)(H,23,26,27). The molecule has 146 valence electrons. The van der Waals surface area contributed by atoms with Crippen molar-refractivity contribution in [2.24, 2.45) is 0 Å². The van der Waals surface area contributed by atoms with E-state index in [0.29, 0.717) is 16.4 Å². The zero-order valence-electron chi connectivity index (χ0n) is 15.6. The molecule has 3 aromatic rings. The molecular weight excluding hydrogens is 384 g/mol. The highest BCUT2D eigenvalue weighted by molar-refractivity contribution is 6.31. The van der Waals surface area contributed by atoms with Crippen LogP contribution in [0, 0.1) is 13.8 Å². The molecule has 0 spiro atoms. The van der Waals surface area contributed by atoms with Gasteiger partial charge in [0.05, 0.1) is 29.8 Å². The number of carbonyl (C=O) groups excluding carboxylic acids is 1. The second-order valence-electron chi connectivity index (χ2n) is 6.31. The van der Waals surface area contributed by atoms with Gasteiger partial charge in [-0.15, -0.1) is 0 Å². The van der Waals surface area contributed by atoms with Gasteiger partial charge in [-0.25, -0.2) is 9.78 Å². The smallest absolute Gasteiger partial charge is 0.330 e. The number of hydrogen-bond donors (Lipinski definition) is 2. The van der Waals surface area contributed by atoms with Crippen molar-refractivity contribution >= 4 is 34.2 Å². The Morgan fingerprint density at radius 2 is 2.04 bits per heavy atom. The van der Waals surface area contributed by atoms with Gasteiger partial charge in [0.15, 0.2) is 0 Å². The zero-order valence-corrected chi connectivity index (χ0v) is 16.4. The number of methoxy groups -OCH3 is 1. The molecule has 0 aliphatic rings. The van der Waals surface area contributed by atoms with E-state index in [2.05, 4.69) is 15.3 Å². The second-order valence-corrected chi connectivity index (χ2v) is 6.72. The molecule has 0 atom stereocenters. The van der Waals surface area contributed by atoms with Crippen LogP contribution in [0.5, 0.6) is 0 Å². The van der Waals surface area contributed by atoms with Gasteiger partial charge in [-0.1, -0.05) is 17.7 Å². The number of aryl methyl sites for hydroxylation is 2. The Morgan fingerprint density at radius 3 is 2.71 bits per heavy atom. The van der Waals surface area contributed by atoms with Gasteiger partial charge in [0.1, 0.15) is 5.65 Å². The highest BCUT2D eigenvalue weighted by atomic mass is 35.5. The monoisotopic (exact) mass is 402 g/mol. The van der Waals surface area contributed by atoms with Crippen molar-refractivity contribution < 1.29 is 9.53 Å². The number of nitrogens with one attached hydrogen (secondary N) is 2. The number of nitrogens with zero attached hydrogens (tertiary/aromatic N) is 2. The molecule has 0 bridgehead atoms. The summed E-state index contributed by atoms with van der Waals surface area (Å²) in [5.41, 5.74) is 1.06. The summed E-state index contributed by atoms with van der Waals surface area (Å²) in [5, 5.41) is 3.43. The molecule has 0 radical (unpaired) electrons. The molecule has 0 aliphatic carbocycles. The number of H-pyrrole nitrogens is 1. The number of hydrogen-bond acceptors (Lipinski definition) is 5. The molecule has 1 aromatic carbocycles. The van der Waals surface area contributed by atoms with Gasteiger partial charge in [0.2, 0.25) is 0 Å². The van der Waals surface area contributed by atoms with Crippen LogP contribution in [-0.4, -0.2) is 34.2 Å². The Hall–Kier alpha value is -2.97. The molecule has 1 amide bonds. The quantitative estimate of drug-likeness (QED) is 0.680. The minimum atomic E-state index is -0.603. The predicted octanol–water partition coefficient (Wildman–Crippen LogP) is 2.25. The van der Waals surface area contributed by atoms with Crippen molar-refractivity contribution in [3.05, 3.63) is 66.9 Å². The third kappa shape index (κ3) is 3.83. The summed E-state index contributed by atoms with van der Waals surface area (Å²) in [6, 6.07) is 6.61. The van der Waals surface area contributed by atoms with E-state index >= 15 is 0 Å². The predicted molar refractivity (Wildman–Crippen MR) is 107 cm³/mol. The van der Waals surface area contributed by atoms with Crippen LogP contribution in [0.15, 0.2) is 33.9 Å². The number of aromatic nitrogens is 3. The number of aromatic amines is 1. The fraction of sp³-hybridized carbons (Fsp3) is 0.263. The maximum absolute atomic E-state index is 12.7. The van der Waals surface area contributed by atoms with Crippen molar-refractivity contribution in [1.29, 1.82) is 0 Å². The molecule has 0 fully saturated rings. The van der Waals surface area contributed by atoms with Crippen molar-refractivity contribution in [1.82, 2.24) is 14.5 Å². The fourth-order valence-corrected chi connectivity index (χ4v) is 2.96. The molecule has 9 heteroatoms. The summed E-state index contributed by atoms with van der Waals surface area (Å²) < 4.78 is 6.32. The van der Waals surface area contributed by atoms with E-state index in [4.69, 9.17) is 16.3 Å². The number of benzene rings is 1. The number of halogens is 1. The van der Waals surface area contributed by atoms with Gasteiger partial charge in [-0.3, -0.25) is 19.1 Å². The molecule has 0 saturated heterocycles. The van der Waals surface area contributed by atoms with Crippen LogP contribution in [0.3, 0.4) is 0 Å². The maximum atomic E-state index is 12.7. The lowest BCUT2D eigenvalue weighted by atomic mass is 10.1. The summed E-state index contributed by atoms with van der Waals surface area (Å²) in [6.45, 7) is 4.00. The molecule has 2 N–H and O–H groups in total. The first kappa shape index (κ1) is 19.8. The van der Waals surface area contributed by atoms with Crippen LogP contribution in [-0.2, 0) is 11.3 Å². The highest BCUT2D eigenvalue weighted by Gasteiger charge is 2.17. The van der Waals surface area contributed by atoms with E-state index in [1.807, 2.05) is 6.92 Å². The molecule has 2 heterocycles. The average Bonchev–Trinajstić information content (AvgIpc) is 2.64. The van der Waals surface area contributed by atoms with E-state index < -0.39 is 17.2 Å². The minimum Gasteiger partial charge on any atom is -0.383 e. The molecular formula is C19H19ClN4O4. The van der Waals surface area contributed by atoms with Crippen LogP contribution < -0.4 is 16.6 Å². The summed E-state index contributed by atoms with van der Waals surface area (Å²) in [4.78, 5) is 43.7. The summed E-state index contributed by atoms with van der Waals surface area (Å²) in [6.07, 6.45) is 0. The van der Waals surface area contributed by atoms with Crippen molar-refractivity contribution in [2.75, 3.05) is 19.0 Å². The van der Waals surface area contributed by atoms with Crippen molar-refractivity contribution in [3.63, 3.8) is 0 Å². The van der Waals surface area contributed by atoms with Crippen LogP contribution >= 0.6 is 11.6 Å². The van der Waals surface area contributed by atoms with Gasteiger partial charge < -0.3 is 10.1 Å². The van der Waals surface area contributed by atoms with Gasteiger partial charge in [0, 0.05) is 17.8 Å². The van der Waals surface area contributed by atoms with Gasteiger partial charge in [-0.05, 0) is 37.6 Å². The largest absolute Gasteiger partial charge is 0.383 e. The van der Waals surface area contributed by atoms with E-state index in [1.54, 1.807) is 25.1 Å². The second kappa shape index (κ2) is 7.95. The molecule has 0 aliphatic heterocycles. The average molecular weight is 403 g/mol. The van der Waals surface area contributed by atoms with Crippen LogP contribution in [0.1, 0.15) is 21.6 Å². The SMILES string of the molecule is COCCn1c(=O)[nH]c(=O)c2cc(C(=O)Nc3ccc(C)c(Cl)c3)c(C)nc21. The Kier molecular flexibility index (Phi) is 5.62. The van der Waals surface area contributed by atoms with Crippen LogP contribution in [0.2, 0.25) is 5.02 Å². The van der Waals surface area contributed by atoms with Crippen molar-refractivity contribution in [3.8, 4) is 0 Å². The normalized spacial score (nSPS) is 11.0. The first-order valence-corrected chi connectivity index (χ1v) is 8.90. The molecule has 28 heavy (non-hydrogen) atoms. The minimum absolute atomic E-state index is 0.147. The Balaban J connectivity index is 2.05. The van der Waals surface area contributed by atoms with E-state index in [0.717, 1.165) is 5.56 Å². The van der Waals surface area contributed by atoms with Crippen LogP contribution in [0.25, 0.3) is 11.0 Å². The molecule has 0 saturated carbocycles. The zero-order chi connectivity index (χ0) is 20.4. The van der Waals surface area contributed by atoms with Crippen LogP contribution in [0.4, 0.5) is 5.69 Å². The van der Waals surface area contributed by atoms with Gasteiger partial charge >= 0.3 is 5.69 Å². The number of pyridine rings is 1. The van der Waals surface area contributed by atoms with E-state index in [1.165, 1.54) is 17.7 Å². The summed E-state index contributed by atoms with van der Waals surface area (Å²) in [5.74, 6) is -0.430. The fourth-order valence-electron chi connectivity index (χ4n) is 2.78. The number of ether oxygens (including phenoxy) is 1. The molecule has 2 aromatic heterocycles. The van der Waals surface area contributed by atoms with Gasteiger partial charge in [-0.2, -0.15) is 0 Å². The number of rotatable bonds is 5. The Bertz CT molecular complexity index is 1180. The van der Waals surface area contributed by atoms with E-state index in [9.17, 15) is 14.4 Å². The van der Waals surface area contributed by atoms with Crippen molar-refractivity contribution in [2.45, 2.75) is 20.4 Å². The van der Waals surface area contributed by atoms with E-state index in [-0.39, 0.29) is 29.7 Å². The molecule has 8 nitrogen and oxygen atoms in total. The maximum Gasteiger partial charge on any atom is 0.330 e. The number of carbonyl (C=O) groups is 1. The first-order chi connectivity index (χ1) is 13.3. The lowest BCUT2D eigenvalue weighted by Crippen LogP contribution is -2.32. The summed E-state index contributed by atoms with van der Waals surface area (Å²) in [7, 11) is 1.51. The Morgan fingerprint density at radius 1 is 1.29 bits per heavy atom. The van der Waals surface area contributed by atoms with Gasteiger partial charge in [0.25, 0.3) is 11.5 Å². The number of amides is 1. The summed E-state index contributed by atoms with van der Waals surface area (Å²) >= 11 is 6.10. The highest BCUT2D eigenvalue weighted by Crippen LogP contribution is 2.21. The third-order valence-electron chi connectivity index (χ3n) is 4.35. The first-order valence-electron chi connectivity index (χ1n) is 8.52. The number of fused-ring (bicyclic) bond motifs is 1. The lowest BCUT2D eigenvalue weighted by Gasteiger charge is -2.12.